The Bertz CT molecular complexity index is 1350. The maximum Gasteiger partial charge on any atom is 0.257 e. The molecule has 0 unspecified atom stereocenters. The number of hydrogen-bond donors (Lipinski definition) is 4. The van der Waals surface area contributed by atoms with Gasteiger partial charge in [0.25, 0.3) is 5.91 Å². The van der Waals surface area contributed by atoms with Gasteiger partial charge >= 0.3 is 0 Å². The van der Waals surface area contributed by atoms with Gasteiger partial charge in [0.1, 0.15) is 23.3 Å². The van der Waals surface area contributed by atoms with Crippen molar-refractivity contribution in [2.45, 2.75) is 37.1 Å². The zero-order valence-corrected chi connectivity index (χ0v) is 18.5. The molecule has 5 heterocycles. The number of hydrogen-bond acceptors (Lipinski definition) is 8. The number of rotatable bonds is 5. The van der Waals surface area contributed by atoms with Gasteiger partial charge in [-0.15, -0.1) is 0 Å². The summed E-state index contributed by atoms with van der Waals surface area (Å²) in [5.74, 6) is 1.08. The first kappa shape index (κ1) is 21.0. The first-order valence-corrected chi connectivity index (χ1v) is 11.3. The van der Waals surface area contributed by atoms with Crippen molar-refractivity contribution in [3.05, 3.63) is 42.4 Å². The monoisotopic (exact) mass is 463 g/mol. The number of pyridine rings is 1. The highest BCUT2D eigenvalue weighted by Crippen LogP contribution is 2.36. The van der Waals surface area contributed by atoms with Crippen molar-refractivity contribution in [1.82, 2.24) is 29.5 Å². The third-order valence-corrected chi connectivity index (χ3v) is 6.78. The molecule has 0 radical (unpaired) electrons. The Hall–Kier alpha value is -3.54. The molecule has 176 valence electrons. The van der Waals surface area contributed by atoms with Crippen LogP contribution in [-0.4, -0.2) is 78.8 Å². The molecule has 1 saturated carbocycles. The first-order valence-electron chi connectivity index (χ1n) is 11.3. The Morgan fingerprint density at radius 1 is 1.18 bits per heavy atom. The van der Waals surface area contributed by atoms with Crippen molar-refractivity contribution in [2.75, 3.05) is 25.6 Å². The molecule has 4 N–H and O–H groups in total. The highest BCUT2D eigenvalue weighted by atomic mass is 16.5. The number of aliphatic hydroxyl groups excluding tert-OH is 2. The van der Waals surface area contributed by atoms with Crippen LogP contribution >= 0.6 is 0 Å². The second-order valence-corrected chi connectivity index (χ2v) is 8.79. The Balaban J connectivity index is 1.41. The summed E-state index contributed by atoms with van der Waals surface area (Å²) < 4.78 is 8.96. The van der Waals surface area contributed by atoms with Gasteiger partial charge in [0.05, 0.1) is 43.3 Å². The lowest BCUT2D eigenvalue weighted by Crippen LogP contribution is -2.50. The van der Waals surface area contributed by atoms with Crippen molar-refractivity contribution in [3.8, 4) is 22.6 Å². The largest absolute Gasteiger partial charge is 0.391 e. The number of amides is 1. The fraction of sp³-hybridized carbons (Fsp3) is 0.391. The van der Waals surface area contributed by atoms with Crippen molar-refractivity contribution in [3.63, 3.8) is 0 Å². The Kier molecular flexibility index (Phi) is 4.97. The van der Waals surface area contributed by atoms with Gasteiger partial charge in [0.15, 0.2) is 5.65 Å². The zero-order chi connectivity index (χ0) is 23.4. The lowest BCUT2D eigenvalue weighted by molar-refractivity contribution is 0.0448. The smallest absolute Gasteiger partial charge is 0.257 e. The van der Waals surface area contributed by atoms with Gasteiger partial charge in [0, 0.05) is 36.6 Å². The van der Waals surface area contributed by atoms with E-state index in [2.05, 4.69) is 20.7 Å². The van der Waals surface area contributed by atoms with Gasteiger partial charge < -0.3 is 30.2 Å². The molecule has 1 amide bonds. The molecule has 11 nitrogen and oxygen atoms in total. The quantitative estimate of drug-likeness (QED) is 0.343. The van der Waals surface area contributed by atoms with Crippen LogP contribution in [0, 0.1) is 0 Å². The number of fused-ring (bicyclic) bond motifs is 2. The van der Waals surface area contributed by atoms with E-state index in [9.17, 15) is 15.0 Å². The predicted octanol–water partition coefficient (Wildman–Crippen LogP) is 0.925. The minimum atomic E-state index is -0.594. The first-order chi connectivity index (χ1) is 16.5. The van der Waals surface area contributed by atoms with E-state index < -0.39 is 12.2 Å². The molecule has 2 aromatic heterocycles. The molecule has 3 aliphatic heterocycles. The summed E-state index contributed by atoms with van der Waals surface area (Å²) in [5, 5.41) is 30.5. The Morgan fingerprint density at radius 3 is 2.76 bits per heavy atom. The third kappa shape index (κ3) is 3.23. The maximum atomic E-state index is 12.9. The lowest BCUT2D eigenvalue weighted by Gasteiger charge is -2.32. The highest BCUT2D eigenvalue weighted by molar-refractivity contribution is 6.00. The van der Waals surface area contributed by atoms with E-state index in [4.69, 9.17) is 9.72 Å². The summed E-state index contributed by atoms with van der Waals surface area (Å²) in [6, 6.07) is 5.28. The van der Waals surface area contributed by atoms with Crippen molar-refractivity contribution >= 4 is 17.4 Å². The van der Waals surface area contributed by atoms with Crippen LogP contribution in [0.5, 0.6) is 0 Å². The third-order valence-electron chi connectivity index (χ3n) is 6.78. The molecule has 1 saturated heterocycles. The molecule has 2 aromatic rings. The fourth-order valence-corrected chi connectivity index (χ4v) is 4.66. The van der Waals surface area contributed by atoms with Crippen LogP contribution in [0.2, 0.25) is 0 Å². The number of ether oxygens (including phenoxy) is 1. The number of carbonyl (C=O) groups excluding carboxylic acids is 1. The Morgan fingerprint density at radius 2 is 2.06 bits per heavy atom. The molecule has 0 bridgehead atoms. The molecular formula is C23H25N7O4. The molecule has 11 heteroatoms. The summed E-state index contributed by atoms with van der Waals surface area (Å²) in [4.78, 5) is 22.3. The van der Waals surface area contributed by atoms with Gasteiger partial charge in [0.2, 0.25) is 0 Å². The van der Waals surface area contributed by atoms with E-state index >= 15 is 0 Å². The van der Waals surface area contributed by atoms with Crippen molar-refractivity contribution in [2.24, 2.45) is 0 Å². The summed E-state index contributed by atoms with van der Waals surface area (Å²) in [7, 11) is 1.78. The number of carbonyl (C=O) groups is 1. The zero-order valence-electron chi connectivity index (χ0n) is 18.5. The average Bonchev–Trinajstić information content (AvgIpc) is 3.58. The van der Waals surface area contributed by atoms with Crippen LogP contribution in [0.4, 0.5) is 5.82 Å². The van der Waals surface area contributed by atoms with E-state index in [0.717, 1.165) is 23.4 Å². The van der Waals surface area contributed by atoms with Crippen LogP contribution in [0.1, 0.15) is 29.2 Å². The molecule has 0 spiro atoms. The number of nitrogens with one attached hydrogen (secondary N) is 2. The SMILES string of the molecule is CNc1cc(-c2cnc3n([C@@H]4COC[C@H]4O)cccc2-3)nc2c(C(=O)N[C@H]3CC[C@H]3O)cnn12. The van der Waals surface area contributed by atoms with Gasteiger partial charge in [-0.1, -0.05) is 0 Å². The van der Waals surface area contributed by atoms with Gasteiger partial charge in [-0.05, 0) is 25.0 Å². The maximum absolute atomic E-state index is 12.9. The molecule has 2 fully saturated rings. The van der Waals surface area contributed by atoms with E-state index in [1.54, 1.807) is 17.8 Å². The molecule has 6 rings (SSSR count). The number of aromatic nitrogens is 5. The second-order valence-electron chi connectivity index (χ2n) is 8.79. The minimum Gasteiger partial charge on any atom is -0.391 e. The molecule has 4 atom stereocenters. The van der Waals surface area contributed by atoms with E-state index in [1.807, 2.05) is 29.0 Å². The van der Waals surface area contributed by atoms with Crippen molar-refractivity contribution < 1.29 is 19.7 Å². The summed E-state index contributed by atoms with van der Waals surface area (Å²) in [6.07, 6.45) is 5.46. The minimum absolute atomic E-state index is 0.207. The molecule has 0 aromatic carbocycles. The highest BCUT2D eigenvalue weighted by Gasteiger charge is 2.32. The topological polar surface area (TPSA) is 139 Å². The van der Waals surface area contributed by atoms with Crippen LogP contribution < -0.4 is 10.6 Å². The number of aliphatic hydroxyl groups is 2. The fourth-order valence-electron chi connectivity index (χ4n) is 4.66. The van der Waals surface area contributed by atoms with E-state index in [1.165, 1.54) is 6.20 Å². The lowest BCUT2D eigenvalue weighted by atomic mass is 9.89. The summed E-state index contributed by atoms with van der Waals surface area (Å²) in [6.45, 7) is 0.723. The normalized spacial score (nSPS) is 24.4. The standard InChI is InChI=1S/C23H25N7O4/c1-24-20-7-16(27-22-14(9-26-30(20)22)23(33)28-15-4-5-18(15)31)13-8-25-21-12(13)3-2-6-29(21)17-10-34-11-19(17)32/h2-3,6-9,15,17-19,24,31-32H,4-5,10-11H2,1H3,(H,28,33)/t15-,17+,18+,19+/m0/s1. The van der Waals surface area contributed by atoms with Crippen LogP contribution in [0.15, 0.2) is 36.8 Å². The van der Waals surface area contributed by atoms with Crippen LogP contribution in [-0.2, 0) is 4.74 Å². The predicted molar refractivity (Wildman–Crippen MR) is 123 cm³/mol. The van der Waals surface area contributed by atoms with Crippen LogP contribution in [0.25, 0.3) is 28.3 Å². The van der Waals surface area contributed by atoms with Gasteiger partial charge in [-0.2, -0.15) is 9.61 Å². The average molecular weight is 463 g/mol. The summed E-state index contributed by atoms with van der Waals surface area (Å²) >= 11 is 0. The van der Waals surface area contributed by atoms with Crippen LogP contribution in [0.3, 0.4) is 0 Å². The van der Waals surface area contributed by atoms with Crippen molar-refractivity contribution in [1.29, 1.82) is 0 Å². The second kappa shape index (κ2) is 8.05. The number of anilines is 1. The molecule has 1 aliphatic carbocycles. The van der Waals surface area contributed by atoms with Gasteiger partial charge in [-0.25, -0.2) is 9.97 Å². The Labute approximate surface area is 194 Å². The molecular weight excluding hydrogens is 438 g/mol. The summed E-state index contributed by atoms with van der Waals surface area (Å²) in [5.41, 5.74) is 3.06. The molecule has 34 heavy (non-hydrogen) atoms. The molecule has 4 aliphatic rings. The van der Waals surface area contributed by atoms with E-state index in [-0.39, 0.29) is 18.0 Å². The van der Waals surface area contributed by atoms with E-state index in [0.29, 0.717) is 42.4 Å². The van der Waals surface area contributed by atoms with Gasteiger partial charge in [-0.3, -0.25) is 4.79 Å². The number of nitrogens with zero attached hydrogens (tertiary/aromatic N) is 5.